The van der Waals surface area contributed by atoms with Crippen molar-refractivity contribution in [2.75, 3.05) is 5.32 Å². The van der Waals surface area contributed by atoms with Crippen molar-refractivity contribution < 1.29 is 18.0 Å². The van der Waals surface area contributed by atoms with Crippen molar-refractivity contribution in [3.8, 4) is 0 Å². The molecular formula is C14H15ClF3NO. The first kappa shape index (κ1) is 16.6. The first-order chi connectivity index (χ1) is 9.00. The number of halogens is 4. The van der Waals surface area contributed by atoms with Gasteiger partial charge in [-0.2, -0.15) is 13.2 Å². The topological polar surface area (TPSA) is 29.1 Å². The monoisotopic (exact) mass is 305 g/mol. The number of alkyl halides is 3. The maximum atomic E-state index is 12.9. The van der Waals surface area contributed by atoms with Crippen molar-refractivity contribution in [2.45, 2.75) is 26.9 Å². The molecule has 1 rings (SSSR count). The Bertz CT molecular complexity index is 513. The summed E-state index contributed by atoms with van der Waals surface area (Å²) in [7, 11) is 0. The fraction of sp³-hybridized carbons (Fsp3) is 0.357. The number of hydrogen-bond acceptors (Lipinski definition) is 2. The fourth-order valence-corrected chi connectivity index (χ4v) is 1.35. The Labute approximate surface area is 120 Å². The van der Waals surface area contributed by atoms with Gasteiger partial charge in [0.1, 0.15) is 5.70 Å². The zero-order chi connectivity index (χ0) is 15.6. The molecular weight excluding hydrogens is 291 g/mol. The molecule has 6 heteroatoms. The highest BCUT2D eigenvalue weighted by atomic mass is 35.5. The molecule has 0 amide bonds. The molecule has 0 radical (unpaired) electrons. The van der Waals surface area contributed by atoms with E-state index in [0.29, 0.717) is 11.1 Å². The third-order valence-corrected chi connectivity index (χ3v) is 2.70. The summed E-state index contributed by atoms with van der Waals surface area (Å²) < 4.78 is 38.8. The lowest BCUT2D eigenvalue weighted by atomic mass is 9.90. The number of carbonyl (C=O) groups excluding carboxylic acids is 1. The van der Waals surface area contributed by atoms with Crippen LogP contribution in [0.1, 0.15) is 20.8 Å². The van der Waals surface area contributed by atoms with Crippen molar-refractivity contribution >= 4 is 23.1 Å². The average Bonchev–Trinajstić information content (AvgIpc) is 2.28. The molecule has 2 nitrogen and oxygen atoms in total. The van der Waals surface area contributed by atoms with E-state index in [1.165, 1.54) is 24.3 Å². The summed E-state index contributed by atoms with van der Waals surface area (Å²) in [6, 6.07) is 5.74. The number of carbonyl (C=O) groups is 1. The van der Waals surface area contributed by atoms with Crippen LogP contribution in [-0.2, 0) is 4.79 Å². The van der Waals surface area contributed by atoms with Gasteiger partial charge < -0.3 is 5.32 Å². The molecule has 0 aromatic heterocycles. The predicted octanol–water partition coefficient (Wildman–Crippen LogP) is 4.81. The maximum Gasteiger partial charge on any atom is 0.431 e. The Kier molecular flexibility index (Phi) is 4.86. The van der Waals surface area contributed by atoms with Crippen molar-refractivity contribution in [1.82, 2.24) is 0 Å². The standard InChI is InChI=1S/C14H15ClF3NO/c1-13(2,3)12(20)8-11(14(16,17)18)19-10-6-4-9(15)5-7-10/h4-8,19H,1-3H3/b11-8+. The summed E-state index contributed by atoms with van der Waals surface area (Å²) in [5, 5.41) is 2.62. The molecule has 0 saturated heterocycles. The first-order valence-corrected chi connectivity index (χ1v) is 6.24. The Morgan fingerprint density at radius 1 is 1.15 bits per heavy atom. The Hall–Kier alpha value is -1.49. The molecule has 0 atom stereocenters. The zero-order valence-electron chi connectivity index (χ0n) is 11.3. The molecule has 0 bridgehead atoms. The summed E-state index contributed by atoms with van der Waals surface area (Å²) >= 11 is 5.66. The van der Waals surface area contributed by atoms with Crippen LogP contribution in [0.25, 0.3) is 0 Å². The number of allylic oxidation sites excluding steroid dienone is 2. The maximum absolute atomic E-state index is 12.9. The molecule has 0 aliphatic rings. The van der Waals surface area contributed by atoms with Crippen LogP contribution in [-0.4, -0.2) is 12.0 Å². The molecule has 0 heterocycles. The van der Waals surface area contributed by atoms with Gasteiger partial charge in [-0.1, -0.05) is 32.4 Å². The number of ketones is 1. The van der Waals surface area contributed by atoms with Crippen molar-refractivity contribution in [1.29, 1.82) is 0 Å². The van der Waals surface area contributed by atoms with Gasteiger partial charge in [-0.3, -0.25) is 4.79 Å². The number of rotatable bonds is 3. The molecule has 0 saturated carbocycles. The van der Waals surface area contributed by atoms with E-state index in [1.54, 1.807) is 20.8 Å². The van der Waals surface area contributed by atoms with E-state index in [4.69, 9.17) is 11.6 Å². The van der Waals surface area contributed by atoms with E-state index in [-0.39, 0.29) is 5.69 Å². The Balaban J connectivity index is 3.06. The SMILES string of the molecule is CC(C)(C)C(=O)/C=C(/Nc1ccc(Cl)cc1)C(F)(F)F. The van der Waals surface area contributed by atoms with Crippen LogP contribution in [0.15, 0.2) is 36.0 Å². The van der Waals surface area contributed by atoms with E-state index in [1.807, 2.05) is 0 Å². The highest BCUT2D eigenvalue weighted by Gasteiger charge is 2.35. The van der Waals surface area contributed by atoms with Crippen molar-refractivity contribution in [2.24, 2.45) is 5.41 Å². The molecule has 110 valence electrons. The second kappa shape index (κ2) is 5.87. The van der Waals surface area contributed by atoms with Gasteiger partial charge in [0, 0.05) is 22.2 Å². The summed E-state index contributed by atoms with van der Waals surface area (Å²) in [5.41, 5.74) is -1.77. The van der Waals surface area contributed by atoms with Gasteiger partial charge in [0.15, 0.2) is 5.78 Å². The van der Waals surface area contributed by atoms with E-state index < -0.39 is 23.1 Å². The van der Waals surface area contributed by atoms with Crippen LogP contribution >= 0.6 is 11.6 Å². The summed E-state index contributed by atoms with van der Waals surface area (Å²) in [6.45, 7) is 4.67. The van der Waals surface area contributed by atoms with Gasteiger partial charge in [-0.25, -0.2) is 0 Å². The molecule has 20 heavy (non-hydrogen) atoms. The molecule has 0 fully saturated rings. The van der Waals surface area contributed by atoms with Crippen LogP contribution < -0.4 is 5.32 Å². The van der Waals surface area contributed by atoms with E-state index in [2.05, 4.69) is 5.32 Å². The quantitative estimate of drug-likeness (QED) is 0.812. The van der Waals surface area contributed by atoms with Crippen molar-refractivity contribution in [3.63, 3.8) is 0 Å². The summed E-state index contributed by atoms with van der Waals surface area (Å²) in [6.07, 6.45) is -4.05. The van der Waals surface area contributed by atoms with Gasteiger partial charge in [0.2, 0.25) is 0 Å². The number of benzene rings is 1. The normalized spacial score (nSPS) is 13.2. The highest BCUT2D eigenvalue weighted by Crippen LogP contribution is 2.29. The average molecular weight is 306 g/mol. The van der Waals surface area contributed by atoms with Gasteiger partial charge in [0.25, 0.3) is 0 Å². The second-order valence-electron chi connectivity index (χ2n) is 5.30. The summed E-state index contributed by atoms with van der Waals surface area (Å²) in [5.74, 6) is -0.605. The lowest BCUT2D eigenvalue weighted by molar-refractivity contribution is -0.122. The van der Waals surface area contributed by atoms with Crippen molar-refractivity contribution in [3.05, 3.63) is 41.1 Å². The molecule has 1 N–H and O–H groups in total. The minimum Gasteiger partial charge on any atom is -0.351 e. The lowest BCUT2D eigenvalue weighted by Crippen LogP contribution is -2.24. The minimum atomic E-state index is -4.64. The molecule has 1 aromatic carbocycles. The molecule has 0 unspecified atom stereocenters. The summed E-state index contributed by atoms with van der Waals surface area (Å²) in [4.78, 5) is 11.7. The molecule has 0 aliphatic heterocycles. The fourth-order valence-electron chi connectivity index (χ4n) is 1.23. The number of hydrogen-bond donors (Lipinski definition) is 1. The van der Waals surface area contributed by atoms with E-state index in [0.717, 1.165) is 0 Å². The third-order valence-electron chi connectivity index (χ3n) is 2.44. The van der Waals surface area contributed by atoms with Gasteiger partial charge in [0.05, 0.1) is 0 Å². The van der Waals surface area contributed by atoms with Gasteiger partial charge >= 0.3 is 6.18 Å². The smallest absolute Gasteiger partial charge is 0.351 e. The third kappa shape index (κ3) is 4.89. The lowest BCUT2D eigenvalue weighted by Gasteiger charge is -2.18. The zero-order valence-corrected chi connectivity index (χ0v) is 12.1. The van der Waals surface area contributed by atoms with Crippen LogP contribution in [0.5, 0.6) is 0 Å². The van der Waals surface area contributed by atoms with E-state index in [9.17, 15) is 18.0 Å². The predicted molar refractivity (Wildman–Crippen MR) is 73.7 cm³/mol. The van der Waals surface area contributed by atoms with Crippen LogP contribution in [0.4, 0.5) is 18.9 Å². The second-order valence-corrected chi connectivity index (χ2v) is 5.74. The van der Waals surface area contributed by atoms with Gasteiger partial charge in [-0.15, -0.1) is 0 Å². The van der Waals surface area contributed by atoms with E-state index >= 15 is 0 Å². The van der Waals surface area contributed by atoms with Crippen LogP contribution in [0, 0.1) is 5.41 Å². The largest absolute Gasteiger partial charge is 0.431 e. The Morgan fingerprint density at radius 3 is 2.05 bits per heavy atom. The van der Waals surface area contributed by atoms with Crippen LogP contribution in [0.3, 0.4) is 0 Å². The minimum absolute atomic E-state index is 0.208. The van der Waals surface area contributed by atoms with Crippen LogP contribution in [0.2, 0.25) is 5.02 Å². The Morgan fingerprint density at radius 2 is 1.65 bits per heavy atom. The highest BCUT2D eigenvalue weighted by molar-refractivity contribution is 6.30. The molecule has 0 aliphatic carbocycles. The number of nitrogens with one attached hydrogen (secondary N) is 1. The first-order valence-electron chi connectivity index (χ1n) is 5.86. The van der Waals surface area contributed by atoms with Gasteiger partial charge in [-0.05, 0) is 24.3 Å². The molecule has 0 spiro atoms. The number of anilines is 1. The molecule has 1 aromatic rings.